The number of nitrogens with zero attached hydrogens (tertiary/aromatic N) is 1. The van der Waals surface area contributed by atoms with Crippen molar-refractivity contribution in [2.75, 3.05) is 13.1 Å². The molecule has 0 radical (unpaired) electrons. The number of aromatic amines is 1. The maximum absolute atomic E-state index is 12.6. The zero-order valence-corrected chi connectivity index (χ0v) is 21.4. The highest BCUT2D eigenvalue weighted by Gasteiger charge is 2.25. The second-order valence-electron chi connectivity index (χ2n) is 9.93. The number of amides is 1. The second kappa shape index (κ2) is 15.6. The number of allylic oxidation sites excluding steroid dienone is 4. The van der Waals surface area contributed by atoms with Crippen LogP contribution in [0.2, 0.25) is 0 Å². The lowest BCUT2D eigenvalue weighted by molar-refractivity contribution is -0.132. The summed E-state index contributed by atoms with van der Waals surface area (Å²) in [6.07, 6.45) is 27.8. The van der Waals surface area contributed by atoms with E-state index in [0.29, 0.717) is 11.8 Å². The predicted molar refractivity (Wildman–Crippen MR) is 146 cm³/mol. The zero-order chi connectivity index (χ0) is 23.8. The van der Waals surface area contributed by atoms with Gasteiger partial charge in [-0.15, -0.1) is 0 Å². The van der Waals surface area contributed by atoms with Crippen molar-refractivity contribution in [3.63, 3.8) is 0 Å². The lowest BCUT2D eigenvalue weighted by atomic mass is 9.89. The molecular formula is C31H46N2O. The number of hydrogen-bond acceptors (Lipinski definition) is 1. The third kappa shape index (κ3) is 8.81. The lowest BCUT2D eigenvalue weighted by Gasteiger charge is -2.32. The third-order valence-electron chi connectivity index (χ3n) is 7.25. The number of carbonyl (C=O) groups is 1. The highest BCUT2D eigenvalue weighted by Crippen LogP contribution is 2.33. The molecule has 0 spiro atoms. The molecule has 3 heteroatoms. The first kappa shape index (κ1) is 26.3. The minimum atomic E-state index is 0.364. The summed E-state index contributed by atoms with van der Waals surface area (Å²) in [5.41, 5.74) is 2.65. The SMILES string of the molecule is CCCCC/C=C\C/C=C\CCCCCCCC(=O)N1CCC(c2c[nH]c3ccccc23)CC1. The van der Waals surface area contributed by atoms with E-state index in [1.165, 1.54) is 74.3 Å². The van der Waals surface area contributed by atoms with Gasteiger partial charge in [0, 0.05) is 36.6 Å². The van der Waals surface area contributed by atoms with Gasteiger partial charge in [0.05, 0.1) is 0 Å². The van der Waals surface area contributed by atoms with Crippen LogP contribution in [-0.4, -0.2) is 28.9 Å². The summed E-state index contributed by atoms with van der Waals surface area (Å²) in [4.78, 5) is 18.2. The van der Waals surface area contributed by atoms with Crippen molar-refractivity contribution in [3.8, 4) is 0 Å². The molecular weight excluding hydrogens is 416 g/mol. The largest absolute Gasteiger partial charge is 0.361 e. The molecule has 1 fully saturated rings. The van der Waals surface area contributed by atoms with Crippen molar-refractivity contribution in [1.29, 1.82) is 0 Å². The molecule has 1 saturated heterocycles. The molecule has 1 aromatic carbocycles. The van der Waals surface area contributed by atoms with Crippen LogP contribution in [0.25, 0.3) is 10.9 Å². The Morgan fingerprint density at radius 2 is 1.59 bits per heavy atom. The number of fused-ring (bicyclic) bond motifs is 1. The minimum absolute atomic E-state index is 0.364. The van der Waals surface area contributed by atoms with Gasteiger partial charge in [-0.2, -0.15) is 0 Å². The molecule has 3 nitrogen and oxygen atoms in total. The molecule has 1 N–H and O–H groups in total. The number of piperidine rings is 1. The molecule has 0 atom stereocenters. The number of likely N-dealkylation sites (tertiary alicyclic amines) is 1. The Kier molecular flexibility index (Phi) is 12.1. The van der Waals surface area contributed by atoms with Crippen molar-refractivity contribution in [2.45, 2.75) is 103 Å². The van der Waals surface area contributed by atoms with E-state index in [0.717, 1.165) is 45.2 Å². The highest BCUT2D eigenvalue weighted by molar-refractivity contribution is 5.83. The molecule has 2 heterocycles. The molecule has 34 heavy (non-hydrogen) atoms. The Morgan fingerprint density at radius 1 is 0.912 bits per heavy atom. The van der Waals surface area contributed by atoms with E-state index in [9.17, 15) is 4.79 Å². The number of nitrogens with one attached hydrogen (secondary N) is 1. The number of hydrogen-bond donors (Lipinski definition) is 1. The molecule has 3 rings (SSSR count). The van der Waals surface area contributed by atoms with Crippen molar-refractivity contribution in [3.05, 3.63) is 60.3 Å². The minimum Gasteiger partial charge on any atom is -0.361 e. The van der Waals surface area contributed by atoms with Gasteiger partial charge in [-0.25, -0.2) is 0 Å². The molecule has 1 aliphatic rings. The van der Waals surface area contributed by atoms with E-state index in [1.54, 1.807) is 0 Å². The van der Waals surface area contributed by atoms with E-state index < -0.39 is 0 Å². The zero-order valence-electron chi connectivity index (χ0n) is 21.4. The number of para-hydroxylation sites is 1. The van der Waals surface area contributed by atoms with E-state index in [1.807, 2.05) is 0 Å². The van der Waals surface area contributed by atoms with Gasteiger partial charge in [0.1, 0.15) is 0 Å². The van der Waals surface area contributed by atoms with Crippen molar-refractivity contribution in [1.82, 2.24) is 9.88 Å². The fourth-order valence-electron chi connectivity index (χ4n) is 5.12. The molecule has 0 aliphatic carbocycles. The molecule has 1 aromatic heterocycles. The van der Waals surface area contributed by atoms with Crippen LogP contribution in [0.4, 0.5) is 0 Å². The summed E-state index contributed by atoms with van der Waals surface area (Å²) < 4.78 is 0. The van der Waals surface area contributed by atoms with Gasteiger partial charge in [-0.3, -0.25) is 4.79 Å². The van der Waals surface area contributed by atoms with E-state index in [4.69, 9.17) is 0 Å². The Bertz CT molecular complexity index is 886. The average molecular weight is 463 g/mol. The Morgan fingerprint density at radius 3 is 2.35 bits per heavy atom. The van der Waals surface area contributed by atoms with Gasteiger partial charge in [0.15, 0.2) is 0 Å². The number of benzene rings is 1. The molecule has 1 aliphatic heterocycles. The van der Waals surface area contributed by atoms with Crippen molar-refractivity contribution >= 4 is 16.8 Å². The van der Waals surface area contributed by atoms with E-state index >= 15 is 0 Å². The Balaban J connectivity index is 1.19. The van der Waals surface area contributed by atoms with Crippen LogP contribution in [0.15, 0.2) is 54.8 Å². The predicted octanol–water partition coefficient (Wildman–Crippen LogP) is 8.69. The second-order valence-corrected chi connectivity index (χ2v) is 9.93. The summed E-state index contributed by atoms with van der Waals surface area (Å²) in [6.45, 7) is 4.06. The molecule has 186 valence electrons. The van der Waals surface area contributed by atoms with E-state index in [-0.39, 0.29) is 0 Å². The summed E-state index contributed by atoms with van der Waals surface area (Å²) in [7, 11) is 0. The standard InChI is InChI=1S/C31H46N2O/c1-2-3-4-5-6-7-8-9-10-11-12-13-14-15-16-21-31(34)33-24-22-27(23-25-33)29-26-32-30-20-18-17-19-28(29)30/h6-7,9-10,17-20,26-27,32H,2-5,8,11-16,21-25H2,1H3/b7-6-,10-9-. The molecule has 0 bridgehead atoms. The van der Waals surface area contributed by atoms with Crippen LogP contribution in [0.3, 0.4) is 0 Å². The maximum atomic E-state index is 12.6. The lowest BCUT2D eigenvalue weighted by Crippen LogP contribution is -2.37. The van der Waals surface area contributed by atoms with Gasteiger partial charge in [-0.1, -0.05) is 81.5 Å². The van der Waals surface area contributed by atoms with Gasteiger partial charge >= 0.3 is 0 Å². The molecule has 0 unspecified atom stereocenters. The first-order valence-electron chi connectivity index (χ1n) is 13.9. The highest BCUT2D eigenvalue weighted by atomic mass is 16.2. The fourth-order valence-corrected chi connectivity index (χ4v) is 5.12. The number of H-pyrrole nitrogens is 1. The molecule has 0 saturated carbocycles. The smallest absolute Gasteiger partial charge is 0.222 e. The third-order valence-corrected chi connectivity index (χ3v) is 7.25. The molecule has 2 aromatic rings. The normalized spacial score (nSPS) is 15.3. The first-order valence-corrected chi connectivity index (χ1v) is 13.9. The first-order chi connectivity index (χ1) is 16.8. The average Bonchev–Trinajstić information content (AvgIpc) is 3.30. The number of rotatable bonds is 15. The summed E-state index contributed by atoms with van der Waals surface area (Å²) >= 11 is 0. The maximum Gasteiger partial charge on any atom is 0.222 e. The quantitative estimate of drug-likeness (QED) is 0.208. The van der Waals surface area contributed by atoms with Crippen molar-refractivity contribution < 1.29 is 4.79 Å². The molecule has 1 amide bonds. The van der Waals surface area contributed by atoms with Gasteiger partial charge in [0.25, 0.3) is 0 Å². The fraction of sp³-hybridized carbons (Fsp3) is 0.581. The van der Waals surface area contributed by atoms with Crippen LogP contribution in [0, 0.1) is 0 Å². The monoisotopic (exact) mass is 462 g/mol. The Labute approximate surface area is 207 Å². The topological polar surface area (TPSA) is 36.1 Å². The van der Waals surface area contributed by atoms with Crippen LogP contribution < -0.4 is 0 Å². The summed E-state index contributed by atoms with van der Waals surface area (Å²) in [6, 6.07) is 8.55. The number of unbranched alkanes of at least 4 members (excludes halogenated alkanes) is 8. The summed E-state index contributed by atoms with van der Waals surface area (Å²) in [5, 5.41) is 1.34. The van der Waals surface area contributed by atoms with E-state index in [2.05, 4.69) is 71.6 Å². The number of carbonyl (C=O) groups excluding carboxylic acids is 1. The van der Waals surface area contributed by atoms with Crippen LogP contribution in [0.5, 0.6) is 0 Å². The van der Waals surface area contributed by atoms with Crippen LogP contribution in [0.1, 0.15) is 108 Å². The van der Waals surface area contributed by atoms with Crippen LogP contribution >= 0.6 is 0 Å². The van der Waals surface area contributed by atoms with Crippen LogP contribution in [-0.2, 0) is 4.79 Å². The summed E-state index contributed by atoms with van der Waals surface area (Å²) in [5.74, 6) is 0.930. The van der Waals surface area contributed by atoms with Gasteiger partial charge in [0.2, 0.25) is 5.91 Å². The van der Waals surface area contributed by atoms with Crippen molar-refractivity contribution in [2.24, 2.45) is 0 Å². The Hall–Kier alpha value is -2.29. The van der Waals surface area contributed by atoms with Gasteiger partial charge in [-0.05, 0) is 68.9 Å². The number of aromatic nitrogens is 1. The van der Waals surface area contributed by atoms with Gasteiger partial charge < -0.3 is 9.88 Å².